The van der Waals surface area contributed by atoms with Crippen LogP contribution in [0.15, 0.2) is 0 Å². The van der Waals surface area contributed by atoms with E-state index in [9.17, 15) is 4.79 Å². The van der Waals surface area contributed by atoms with Crippen LogP contribution in [-0.2, 0) is 4.79 Å². The highest BCUT2D eigenvalue weighted by Crippen LogP contribution is 2.18. The molecule has 16 heavy (non-hydrogen) atoms. The minimum Gasteiger partial charge on any atom is -0.353 e. The lowest BCUT2D eigenvalue weighted by atomic mass is 9.93. The van der Waals surface area contributed by atoms with Crippen LogP contribution in [-0.4, -0.2) is 24.5 Å². The summed E-state index contributed by atoms with van der Waals surface area (Å²) in [6.45, 7) is 0.850. The first-order chi connectivity index (χ1) is 7.84. The van der Waals surface area contributed by atoms with Crippen LogP contribution in [0.4, 0.5) is 0 Å². The summed E-state index contributed by atoms with van der Waals surface area (Å²) in [7, 11) is 0. The molecular weight excluding hydrogens is 200 g/mol. The largest absolute Gasteiger partial charge is 0.353 e. The predicted molar refractivity (Wildman–Crippen MR) is 65.3 cm³/mol. The highest BCUT2D eigenvalue weighted by atomic mass is 16.1. The van der Waals surface area contributed by atoms with Crippen LogP contribution in [0.3, 0.4) is 0 Å². The Morgan fingerprint density at radius 3 is 2.25 bits per heavy atom. The summed E-state index contributed by atoms with van der Waals surface area (Å²) in [6, 6.07) is 1.16. The first kappa shape index (κ1) is 11.9. The fourth-order valence-electron chi connectivity index (χ4n) is 2.55. The van der Waals surface area contributed by atoms with Crippen molar-refractivity contribution < 1.29 is 4.79 Å². The summed E-state index contributed by atoms with van der Waals surface area (Å²) >= 11 is 0. The minimum absolute atomic E-state index is 0.235. The van der Waals surface area contributed by atoms with Crippen molar-refractivity contribution in [1.29, 1.82) is 0 Å². The molecule has 2 N–H and O–H groups in total. The average Bonchev–Trinajstić information content (AvgIpc) is 2.23. The van der Waals surface area contributed by atoms with Gasteiger partial charge in [0.2, 0.25) is 5.91 Å². The first-order valence-electron chi connectivity index (χ1n) is 6.87. The second kappa shape index (κ2) is 6.24. The molecule has 0 heterocycles. The molecule has 2 aliphatic rings. The van der Waals surface area contributed by atoms with Crippen molar-refractivity contribution in [2.75, 3.05) is 6.54 Å². The molecule has 0 radical (unpaired) electrons. The molecule has 2 saturated carbocycles. The average molecular weight is 224 g/mol. The SMILES string of the molecule is O=C(CCNC1CCC1)NC1CCCCC1. The summed E-state index contributed by atoms with van der Waals surface area (Å²) < 4.78 is 0. The van der Waals surface area contributed by atoms with Crippen molar-refractivity contribution >= 4 is 5.91 Å². The van der Waals surface area contributed by atoms with Gasteiger partial charge in [-0.3, -0.25) is 4.79 Å². The lowest BCUT2D eigenvalue weighted by molar-refractivity contribution is -0.121. The Labute approximate surface area is 98.4 Å². The van der Waals surface area contributed by atoms with Gasteiger partial charge in [0.15, 0.2) is 0 Å². The molecule has 0 spiro atoms. The van der Waals surface area contributed by atoms with Crippen LogP contribution in [0.1, 0.15) is 57.8 Å². The fraction of sp³-hybridized carbons (Fsp3) is 0.923. The van der Waals surface area contributed by atoms with Crippen LogP contribution >= 0.6 is 0 Å². The van der Waals surface area contributed by atoms with E-state index >= 15 is 0 Å². The van der Waals surface area contributed by atoms with E-state index in [0.29, 0.717) is 18.5 Å². The summed E-state index contributed by atoms with van der Waals surface area (Å²) in [5.41, 5.74) is 0. The Morgan fingerprint density at radius 2 is 1.62 bits per heavy atom. The van der Waals surface area contributed by atoms with E-state index in [1.165, 1.54) is 51.4 Å². The Balaban J connectivity index is 1.52. The molecule has 92 valence electrons. The summed E-state index contributed by atoms with van der Waals surface area (Å²) in [5, 5.41) is 6.58. The summed E-state index contributed by atoms with van der Waals surface area (Å²) in [4.78, 5) is 11.6. The molecule has 0 unspecified atom stereocenters. The van der Waals surface area contributed by atoms with Gasteiger partial charge in [-0.25, -0.2) is 0 Å². The lowest BCUT2D eigenvalue weighted by Gasteiger charge is -2.27. The molecule has 3 nitrogen and oxygen atoms in total. The van der Waals surface area contributed by atoms with Gasteiger partial charge in [0.1, 0.15) is 0 Å². The molecule has 0 aliphatic heterocycles. The Bertz CT molecular complexity index is 220. The van der Waals surface area contributed by atoms with Gasteiger partial charge in [0.05, 0.1) is 0 Å². The number of hydrogen-bond acceptors (Lipinski definition) is 2. The molecule has 0 aromatic rings. The lowest BCUT2D eigenvalue weighted by Crippen LogP contribution is -2.40. The van der Waals surface area contributed by atoms with E-state index in [-0.39, 0.29) is 5.91 Å². The van der Waals surface area contributed by atoms with E-state index in [4.69, 9.17) is 0 Å². The minimum atomic E-state index is 0.235. The second-order valence-electron chi connectivity index (χ2n) is 5.23. The molecule has 0 bridgehead atoms. The second-order valence-corrected chi connectivity index (χ2v) is 5.23. The zero-order chi connectivity index (χ0) is 11.2. The third-order valence-corrected chi connectivity index (χ3v) is 3.86. The highest BCUT2D eigenvalue weighted by Gasteiger charge is 2.18. The van der Waals surface area contributed by atoms with E-state index in [1.54, 1.807) is 0 Å². The number of carbonyl (C=O) groups is 1. The van der Waals surface area contributed by atoms with E-state index < -0.39 is 0 Å². The highest BCUT2D eigenvalue weighted by molar-refractivity contribution is 5.76. The zero-order valence-electron chi connectivity index (χ0n) is 10.1. The fourth-order valence-corrected chi connectivity index (χ4v) is 2.55. The number of carbonyl (C=O) groups excluding carboxylic acids is 1. The molecule has 2 fully saturated rings. The van der Waals surface area contributed by atoms with Crippen molar-refractivity contribution in [2.24, 2.45) is 0 Å². The number of hydrogen-bond donors (Lipinski definition) is 2. The standard InChI is InChI=1S/C13H24N2O/c16-13(9-10-14-11-7-4-8-11)15-12-5-2-1-3-6-12/h11-12,14H,1-10H2,(H,15,16). The molecule has 0 aromatic carbocycles. The maximum Gasteiger partial charge on any atom is 0.221 e. The molecule has 0 atom stereocenters. The van der Waals surface area contributed by atoms with Crippen molar-refractivity contribution in [3.63, 3.8) is 0 Å². The zero-order valence-corrected chi connectivity index (χ0v) is 10.1. The van der Waals surface area contributed by atoms with Gasteiger partial charge in [-0.05, 0) is 25.7 Å². The topological polar surface area (TPSA) is 41.1 Å². The van der Waals surface area contributed by atoms with Gasteiger partial charge < -0.3 is 10.6 Å². The van der Waals surface area contributed by atoms with E-state index in [2.05, 4.69) is 10.6 Å². The van der Waals surface area contributed by atoms with Gasteiger partial charge in [0.25, 0.3) is 0 Å². The molecule has 0 aromatic heterocycles. The van der Waals surface area contributed by atoms with Gasteiger partial charge in [-0.1, -0.05) is 25.7 Å². The van der Waals surface area contributed by atoms with Crippen LogP contribution in [0, 0.1) is 0 Å². The molecular formula is C13H24N2O. The molecule has 0 saturated heterocycles. The van der Waals surface area contributed by atoms with Crippen molar-refractivity contribution in [3.05, 3.63) is 0 Å². The van der Waals surface area contributed by atoms with Crippen LogP contribution in [0.2, 0.25) is 0 Å². The van der Waals surface area contributed by atoms with Crippen molar-refractivity contribution in [2.45, 2.75) is 69.9 Å². The number of nitrogens with one attached hydrogen (secondary N) is 2. The maximum atomic E-state index is 11.6. The smallest absolute Gasteiger partial charge is 0.221 e. The molecule has 2 rings (SSSR count). The monoisotopic (exact) mass is 224 g/mol. The van der Waals surface area contributed by atoms with Gasteiger partial charge >= 0.3 is 0 Å². The number of amides is 1. The molecule has 2 aliphatic carbocycles. The Kier molecular flexibility index (Phi) is 4.64. The third kappa shape index (κ3) is 3.78. The predicted octanol–water partition coefficient (Wildman–Crippen LogP) is 1.97. The molecule has 1 amide bonds. The van der Waals surface area contributed by atoms with E-state index in [0.717, 1.165) is 6.54 Å². The quantitative estimate of drug-likeness (QED) is 0.749. The molecule has 3 heteroatoms. The van der Waals surface area contributed by atoms with Gasteiger partial charge in [-0.2, -0.15) is 0 Å². The summed E-state index contributed by atoms with van der Waals surface area (Å²) in [5.74, 6) is 0.235. The van der Waals surface area contributed by atoms with Crippen LogP contribution in [0.5, 0.6) is 0 Å². The van der Waals surface area contributed by atoms with Gasteiger partial charge in [0, 0.05) is 25.0 Å². The van der Waals surface area contributed by atoms with Gasteiger partial charge in [-0.15, -0.1) is 0 Å². The maximum absolute atomic E-state index is 11.6. The number of rotatable bonds is 5. The first-order valence-corrected chi connectivity index (χ1v) is 6.87. The normalized spacial score (nSPS) is 22.8. The van der Waals surface area contributed by atoms with E-state index in [1.807, 2.05) is 0 Å². The summed E-state index contributed by atoms with van der Waals surface area (Å²) in [6.07, 6.45) is 10.9. The van der Waals surface area contributed by atoms with Crippen molar-refractivity contribution in [3.8, 4) is 0 Å². The van der Waals surface area contributed by atoms with Crippen molar-refractivity contribution in [1.82, 2.24) is 10.6 Å². The van der Waals surface area contributed by atoms with Crippen LogP contribution in [0.25, 0.3) is 0 Å². The Hall–Kier alpha value is -0.570. The van der Waals surface area contributed by atoms with Crippen LogP contribution < -0.4 is 10.6 Å². The third-order valence-electron chi connectivity index (χ3n) is 3.86. The Morgan fingerprint density at radius 1 is 0.938 bits per heavy atom.